The molecule has 41 heavy (non-hydrogen) atoms. The number of rotatable bonds is 9. The average molecular weight is 567 g/mol. The molecule has 9 heteroatoms. The molecule has 2 amide bonds. The van der Waals surface area contributed by atoms with Gasteiger partial charge in [0.2, 0.25) is 15.9 Å². The van der Waals surface area contributed by atoms with Crippen molar-refractivity contribution in [3.05, 3.63) is 126 Å². The van der Waals surface area contributed by atoms with Crippen molar-refractivity contribution in [2.24, 2.45) is 0 Å². The Morgan fingerprint density at radius 1 is 0.805 bits per heavy atom. The molecular weight excluding hydrogens is 536 g/mol. The predicted octanol–water partition coefficient (Wildman–Crippen LogP) is 5.04. The number of amides is 2. The fraction of sp³-hybridized carbons (Fsp3) is 0.125. The van der Waals surface area contributed by atoms with Crippen molar-refractivity contribution >= 4 is 50.2 Å². The molecule has 0 fully saturated rings. The Balaban J connectivity index is 1.50. The van der Waals surface area contributed by atoms with Gasteiger partial charge >= 0.3 is 0 Å². The summed E-state index contributed by atoms with van der Waals surface area (Å²) in [4.78, 5) is 27.1. The first-order valence-electron chi connectivity index (χ1n) is 13.0. The van der Waals surface area contributed by atoms with Crippen LogP contribution in [0.3, 0.4) is 0 Å². The smallest absolute Gasteiger partial charge is 0.258 e. The van der Waals surface area contributed by atoms with E-state index >= 15 is 0 Å². The summed E-state index contributed by atoms with van der Waals surface area (Å²) in [6, 6.07) is 32.7. The number of anilines is 3. The molecule has 0 aliphatic carbocycles. The monoisotopic (exact) mass is 566 g/mol. The van der Waals surface area contributed by atoms with Gasteiger partial charge in [-0.2, -0.15) is 0 Å². The van der Waals surface area contributed by atoms with E-state index in [0.29, 0.717) is 28.2 Å². The lowest BCUT2D eigenvalue weighted by molar-refractivity contribution is -0.127. The summed E-state index contributed by atoms with van der Waals surface area (Å²) < 4.78 is 28.2. The minimum atomic E-state index is -3.89. The largest absolute Gasteiger partial charge is 0.354 e. The van der Waals surface area contributed by atoms with Gasteiger partial charge in [-0.15, -0.1) is 0 Å². The molecule has 0 radical (unpaired) electrons. The topological polar surface area (TPSA) is 98.8 Å². The summed E-state index contributed by atoms with van der Waals surface area (Å²) in [6.07, 6.45) is 0. The van der Waals surface area contributed by atoms with Crippen LogP contribution in [-0.2, 0) is 25.4 Å². The molecule has 1 aliphatic heterocycles. The number of para-hydroxylation sites is 1. The number of carbonyl (C=O) groups is 2. The molecule has 1 heterocycles. The molecule has 0 saturated carbocycles. The Kier molecular flexibility index (Phi) is 7.89. The first-order chi connectivity index (χ1) is 19.7. The van der Waals surface area contributed by atoms with Crippen molar-refractivity contribution in [1.82, 2.24) is 4.90 Å². The maximum absolute atomic E-state index is 13.5. The molecule has 0 bridgehead atoms. The number of sulfonamides is 1. The quantitative estimate of drug-likeness (QED) is 0.277. The third-order valence-electron chi connectivity index (χ3n) is 6.71. The minimum absolute atomic E-state index is 0.213. The second kappa shape index (κ2) is 11.7. The van der Waals surface area contributed by atoms with Gasteiger partial charge in [0.1, 0.15) is 6.54 Å². The zero-order valence-electron chi connectivity index (χ0n) is 22.7. The number of nitrogens with one attached hydrogen (secondary N) is 2. The fourth-order valence-electron chi connectivity index (χ4n) is 4.58. The maximum Gasteiger partial charge on any atom is 0.258 e. The maximum atomic E-state index is 13.5. The number of hydrogen-bond donors (Lipinski definition) is 2. The lowest BCUT2D eigenvalue weighted by Crippen LogP contribution is -2.41. The number of fused-ring (bicyclic) bond motifs is 1. The van der Waals surface area contributed by atoms with Crippen molar-refractivity contribution in [3.8, 4) is 0 Å². The van der Waals surface area contributed by atoms with Crippen LogP contribution in [0.4, 0.5) is 17.1 Å². The van der Waals surface area contributed by atoms with Crippen molar-refractivity contribution < 1.29 is 18.0 Å². The van der Waals surface area contributed by atoms with Gasteiger partial charge in [0.05, 0.1) is 22.7 Å². The average Bonchev–Trinajstić information content (AvgIpc) is 3.31. The van der Waals surface area contributed by atoms with Crippen molar-refractivity contribution in [1.29, 1.82) is 0 Å². The Hall–Kier alpha value is -4.89. The molecular formula is C32H30N4O4S. The van der Waals surface area contributed by atoms with Crippen LogP contribution in [0.1, 0.15) is 16.7 Å². The van der Waals surface area contributed by atoms with Crippen LogP contribution in [0.25, 0.3) is 11.3 Å². The molecule has 0 unspecified atom stereocenters. The Bertz CT molecular complexity index is 1700. The Morgan fingerprint density at radius 3 is 2.07 bits per heavy atom. The second-order valence-corrected chi connectivity index (χ2v) is 11.7. The van der Waals surface area contributed by atoms with E-state index < -0.39 is 10.0 Å². The van der Waals surface area contributed by atoms with E-state index in [0.717, 1.165) is 21.1 Å². The van der Waals surface area contributed by atoms with Gasteiger partial charge in [0.15, 0.2) is 0 Å². The molecule has 5 rings (SSSR count). The zero-order chi connectivity index (χ0) is 29.0. The molecule has 4 aromatic rings. The van der Waals surface area contributed by atoms with Crippen LogP contribution in [0, 0.1) is 0 Å². The first-order valence-corrected chi connectivity index (χ1v) is 14.7. The molecule has 4 aromatic carbocycles. The number of carbonyl (C=O) groups excluding carboxylic acids is 2. The van der Waals surface area contributed by atoms with Gasteiger partial charge in [-0.1, -0.05) is 78.9 Å². The fourth-order valence-corrected chi connectivity index (χ4v) is 6.10. The highest BCUT2D eigenvalue weighted by molar-refractivity contribution is 7.92. The summed E-state index contributed by atoms with van der Waals surface area (Å²) in [6.45, 7) is -0.328. The standard InChI is InChI=1S/C32H30N4O4S/c1-35(2)29(37)21-36(41(39,40)22-23-11-5-3-6-12-23)26-19-17-25(18-20-26)33-31(24-13-7-4-8-14-24)30-27-15-9-10-16-28(27)34-32(30)38/h3-20,33H,21-22H2,1-2H3,(H,34,38)/b31-30-. The first kappa shape index (κ1) is 27.7. The van der Waals surface area contributed by atoms with E-state index in [1.807, 2.05) is 60.7 Å². The lowest BCUT2D eigenvalue weighted by atomic mass is 10.00. The van der Waals surface area contributed by atoms with E-state index in [4.69, 9.17) is 0 Å². The summed E-state index contributed by atoms with van der Waals surface area (Å²) in [7, 11) is -0.705. The summed E-state index contributed by atoms with van der Waals surface area (Å²) in [5, 5.41) is 6.31. The van der Waals surface area contributed by atoms with Crippen LogP contribution >= 0.6 is 0 Å². The van der Waals surface area contributed by atoms with E-state index in [1.54, 1.807) is 62.6 Å². The highest BCUT2D eigenvalue weighted by atomic mass is 32.2. The highest BCUT2D eigenvalue weighted by Crippen LogP contribution is 2.37. The SMILES string of the molecule is CN(C)C(=O)CN(c1ccc(N/C(=C2\C(=O)Nc3ccccc32)c2ccccc2)cc1)S(=O)(=O)Cc1ccccc1. The van der Waals surface area contributed by atoms with Crippen molar-refractivity contribution in [2.75, 3.05) is 35.6 Å². The van der Waals surface area contributed by atoms with Crippen LogP contribution in [0.5, 0.6) is 0 Å². The van der Waals surface area contributed by atoms with Gasteiger partial charge in [0, 0.05) is 31.0 Å². The van der Waals surface area contributed by atoms with E-state index in [1.165, 1.54) is 4.90 Å². The summed E-state index contributed by atoms with van der Waals surface area (Å²) in [5.74, 6) is -0.798. The summed E-state index contributed by atoms with van der Waals surface area (Å²) in [5.41, 5.74) is 5.13. The zero-order valence-corrected chi connectivity index (χ0v) is 23.6. The number of hydrogen-bond acceptors (Lipinski definition) is 5. The number of nitrogens with zero attached hydrogens (tertiary/aromatic N) is 2. The van der Waals surface area contributed by atoms with Crippen LogP contribution in [0.15, 0.2) is 109 Å². The van der Waals surface area contributed by atoms with Gasteiger partial charge in [-0.05, 0) is 41.5 Å². The van der Waals surface area contributed by atoms with Crippen molar-refractivity contribution in [3.63, 3.8) is 0 Å². The van der Waals surface area contributed by atoms with E-state index in [-0.39, 0.29) is 24.1 Å². The van der Waals surface area contributed by atoms with Crippen LogP contribution < -0.4 is 14.9 Å². The van der Waals surface area contributed by atoms with Gasteiger partial charge in [-0.25, -0.2) is 8.42 Å². The van der Waals surface area contributed by atoms with Gasteiger partial charge < -0.3 is 15.5 Å². The molecule has 208 valence electrons. The normalized spacial score (nSPS) is 13.7. The van der Waals surface area contributed by atoms with Crippen molar-refractivity contribution in [2.45, 2.75) is 5.75 Å². The number of benzene rings is 4. The van der Waals surface area contributed by atoms with E-state index in [9.17, 15) is 18.0 Å². The summed E-state index contributed by atoms with van der Waals surface area (Å²) >= 11 is 0. The van der Waals surface area contributed by atoms with Crippen LogP contribution in [-0.4, -0.2) is 45.8 Å². The molecule has 0 atom stereocenters. The second-order valence-electron chi connectivity index (χ2n) is 9.82. The molecule has 2 N–H and O–H groups in total. The molecule has 0 spiro atoms. The number of likely N-dealkylation sites (N-methyl/N-ethyl adjacent to an activating group) is 1. The van der Waals surface area contributed by atoms with Gasteiger partial charge in [0.25, 0.3) is 5.91 Å². The third kappa shape index (κ3) is 6.15. The Labute approximate surface area is 240 Å². The Morgan fingerprint density at radius 2 is 1.41 bits per heavy atom. The van der Waals surface area contributed by atoms with Gasteiger partial charge in [-0.3, -0.25) is 13.9 Å². The third-order valence-corrected chi connectivity index (χ3v) is 8.42. The lowest BCUT2D eigenvalue weighted by Gasteiger charge is -2.26. The predicted molar refractivity (Wildman–Crippen MR) is 163 cm³/mol. The van der Waals surface area contributed by atoms with E-state index in [2.05, 4.69) is 10.6 Å². The van der Waals surface area contributed by atoms with Crippen LogP contribution in [0.2, 0.25) is 0 Å². The molecule has 0 aromatic heterocycles. The minimum Gasteiger partial charge on any atom is -0.354 e. The highest BCUT2D eigenvalue weighted by Gasteiger charge is 2.29. The molecule has 1 aliphatic rings. The molecule has 8 nitrogen and oxygen atoms in total. The molecule has 0 saturated heterocycles.